The molecule has 2 unspecified atom stereocenters. The van der Waals surface area contributed by atoms with Gasteiger partial charge in [-0.15, -0.1) is 5.54 Å². The average Bonchev–Trinajstić information content (AvgIpc) is 3.34. The van der Waals surface area contributed by atoms with E-state index in [0.29, 0.717) is 0 Å². The van der Waals surface area contributed by atoms with Gasteiger partial charge < -0.3 is 19.4 Å². The number of benzene rings is 3. The van der Waals surface area contributed by atoms with Crippen LogP contribution in [0.15, 0.2) is 71.2 Å². The number of aromatic nitrogens is 1. The van der Waals surface area contributed by atoms with Crippen molar-refractivity contribution in [3.8, 4) is 28.3 Å². The first kappa shape index (κ1) is 31.4. The molecule has 3 aromatic carbocycles. The third-order valence-electron chi connectivity index (χ3n) is 7.25. The van der Waals surface area contributed by atoms with Crippen molar-refractivity contribution in [2.24, 2.45) is 0 Å². The molecule has 0 radical (unpaired) electrons. The minimum Gasteiger partial charge on any atom is -0.484 e. The van der Waals surface area contributed by atoms with Gasteiger partial charge in [-0.3, -0.25) is 4.79 Å². The molecule has 0 aliphatic carbocycles. The summed E-state index contributed by atoms with van der Waals surface area (Å²) in [5.41, 5.74) is 8.06. The van der Waals surface area contributed by atoms with Gasteiger partial charge in [0.25, 0.3) is 5.91 Å². The highest BCUT2D eigenvalue weighted by Crippen LogP contribution is 2.42. The normalized spacial score (nSPS) is 16.6. The molecule has 4 aromatic rings. The van der Waals surface area contributed by atoms with E-state index in [1.54, 1.807) is 12.1 Å². The number of hydrogen-bond acceptors (Lipinski definition) is 4. The maximum Gasteiger partial charge on any atom is 0.422 e. The minimum atomic E-state index is -4.42. The van der Waals surface area contributed by atoms with E-state index in [4.69, 9.17) is 9.47 Å². The maximum atomic E-state index is 13.8. The molecular formula is C33H30BrF3N2O4Si. The molecular weight excluding hydrogens is 653 g/mol. The highest BCUT2D eigenvalue weighted by molar-refractivity contribution is 9.10. The summed E-state index contributed by atoms with van der Waals surface area (Å²) in [7, 11) is -0.604. The van der Waals surface area contributed by atoms with E-state index in [1.165, 1.54) is 24.1 Å². The van der Waals surface area contributed by atoms with Crippen LogP contribution in [0, 0.1) is 11.5 Å². The molecule has 0 saturated carbocycles. The number of H-pyrrole nitrogens is 1. The van der Waals surface area contributed by atoms with Crippen molar-refractivity contribution in [3.63, 3.8) is 0 Å². The molecule has 1 N–H and O–H groups in total. The van der Waals surface area contributed by atoms with Gasteiger partial charge in [-0.25, -0.2) is 4.79 Å². The molecule has 228 valence electrons. The molecule has 6 nitrogen and oxygen atoms in total. The van der Waals surface area contributed by atoms with Gasteiger partial charge in [-0.1, -0.05) is 72.0 Å². The summed E-state index contributed by atoms with van der Waals surface area (Å²) < 4.78 is 48.5. The number of halogens is 4. The van der Waals surface area contributed by atoms with E-state index in [2.05, 4.69) is 32.4 Å². The molecule has 2 heterocycles. The number of fused-ring (bicyclic) bond motifs is 3. The molecule has 5 rings (SSSR count). The summed E-state index contributed by atoms with van der Waals surface area (Å²) in [6, 6.07) is 18.2. The van der Waals surface area contributed by atoms with Crippen LogP contribution >= 0.6 is 15.9 Å². The highest BCUT2D eigenvalue weighted by atomic mass is 79.9. The fourth-order valence-corrected chi connectivity index (χ4v) is 6.14. The largest absolute Gasteiger partial charge is 0.484 e. The van der Waals surface area contributed by atoms with Gasteiger partial charge in [0.15, 0.2) is 6.61 Å². The minimum absolute atomic E-state index is 0.116. The van der Waals surface area contributed by atoms with Crippen molar-refractivity contribution in [1.29, 1.82) is 0 Å². The number of aromatic amines is 1. The number of carbonyl (C=O) groups is 2. The molecule has 1 aromatic heterocycles. The quantitative estimate of drug-likeness (QED) is 0.135. The Morgan fingerprint density at radius 1 is 1.02 bits per heavy atom. The van der Waals surface area contributed by atoms with Crippen LogP contribution in [0.4, 0.5) is 13.2 Å². The van der Waals surface area contributed by atoms with E-state index in [0.717, 1.165) is 43.3 Å². The zero-order valence-electron chi connectivity index (χ0n) is 24.5. The van der Waals surface area contributed by atoms with Gasteiger partial charge in [0.1, 0.15) is 19.9 Å². The van der Waals surface area contributed by atoms with Gasteiger partial charge in [0.05, 0.1) is 13.2 Å². The Labute approximate surface area is 262 Å². The molecule has 1 aliphatic rings. The van der Waals surface area contributed by atoms with Crippen LogP contribution < -0.4 is 4.74 Å². The molecule has 1 amide bonds. The standard InChI is InChI=1S/C33H30BrF3N2O4Si/c1-42-32(41)28-18-26-25-17-23(34)11-14-27(25)38-30(26)31(39(28)29(40)15-16-44(2,3)4)22-7-5-20(6-8-22)21-9-12-24(13-10-21)43-19-33(35,36)37/h5-14,17,28,31,38H,18-19H2,1-4H3. The summed E-state index contributed by atoms with van der Waals surface area (Å²) >= 11 is 3.55. The first-order valence-electron chi connectivity index (χ1n) is 13.9. The lowest BCUT2D eigenvalue weighted by Gasteiger charge is -2.40. The van der Waals surface area contributed by atoms with Crippen LogP contribution in [0.5, 0.6) is 5.75 Å². The smallest absolute Gasteiger partial charge is 0.422 e. The van der Waals surface area contributed by atoms with Gasteiger partial charge in [0, 0.05) is 27.5 Å². The molecule has 0 spiro atoms. The van der Waals surface area contributed by atoms with Crippen molar-refractivity contribution < 1.29 is 32.2 Å². The Bertz CT molecular complexity index is 1770. The number of hydrogen-bond donors (Lipinski definition) is 1. The SMILES string of the molecule is COC(=O)C1Cc2c([nH]c3ccc(Br)cc23)C(c2ccc(-c3ccc(OCC(F)(F)F)cc3)cc2)N1C(=O)C#C[Si](C)(C)C. The number of nitrogens with one attached hydrogen (secondary N) is 1. The van der Waals surface area contributed by atoms with E-state index >= 15 is 0 Å². The molecule has 44 heavy (non-hydrogen) atoms. The van der Waals surface area contributed by atoms with Crippen molar-refractivity contribution >= 4 is 46.8 Å². The Morgan fingerprint density at radius 2 is 1.66 bits per heavy atom. The number of ether oxygens (including phenoxy) is 2. The number of esters is 1. The van der Waals surface area contributed by atoms with Crippen LogP contribution in [0.1, 0.15) is 22.9 Å². The highest BCUT2D eigenvalue weighted by Gasteiger charge is 2.44. The Morgan fingerprint density at radius 3 is 2.25 bits per heavy atom. The lowest BCUT2D eigenvalue weighted by atomic mass is 9.87. The number of amides is 1. The van der Waals surface area contributed by atoms with Crippen LogP contribution in [0.25, 0.3) is 22.0 Å². The van der Waals surface area contributed by atoms with E-state index < -0.39 is 44.8 Å². The average molecular weight is 684 g/mol. The van der Waals surface area contributed by atoms with Crippen molar-refractivity contribution in [3.05, 3.63) is 88.0 Å². The zero-order valence-corrected chi connectivity index (χ0v) is 27.1. The predicted molar refractivity (Wildman–Crippen MR) is 169 cm³/mol. The van der Waals surface area contributed by atoms with Crippen LogP contribution in [0.3, 0.4) is 0 Å². The first-order valence-corrected chi connectivity index (χ1v) is 18.2. The fraction of sp³-hybridized carbons (Fsp3) is 0.273. The number of methoxy groups -OCH3 is 1. The first-order chi connectivity index (χ1) is 20.7. The maximum absolute atomic E-state index is 13.8. The van der Waals surface area contributed by atoms with Crippen molar-refractivity contribution in [2.45, 2.75) is 44.3 Å². The molecule has 2 atom stereocenters. The summed E-state index contributed by atoms with van der Waals surface area (Å²) in [6.45, 7) is 4.76. The Hall–Kier alpha value is -4.01. The summed E-state index contributed by atoms with van der Waals surface area (Å²) in [5, 5.41) is 0.943. The van der Waals surface area contributed by atoms with E-state index in [1.807, 2.05) is 62.1 Å². The Balaban J connectivity index is 1.58. The van der Waals surface area contributed by atoms with Crippen LogP contribution in [-0.2, 0) is 20.7 Å². The number of rotatable bonds is 5. The number of carbonyl (C=O) groups excluding carboxylic acids is 2. The summed E-state index contributed by atoms with van der Waals surface area (Å²) in [5.74, 6) is 1.95. The third kappa shape index (κ3) is 6.87. The zero-order chi connectivity index (χ0) is 31.8. The second-order valence-corrected chi connectivity index (χ2v) is 17.3. The molecule has 0 bridgehead atoms. The van der Waals surface area contributed by atoms with Gasteiger partial charge in [0.2, 0.25) is 0 Å². The monoisotopic (exact) mass is 682 g/mol. The summed E-state index contributed by atoms with van der Waals surface area (Å²) in [6.07, 6.45) is -4.16. The number of alkyl halides is 3. The van der Waals surface area contributed by atoms with Crippen LogP contribution in [0.2, 0.25) is 19.6 Å². The summed E-state index contributed by atoms with van der Waals surface area (Å²) in [4.78, 5) is 32.1. The second kappa shape index (κ2) is 12.2. The van der Waals surface area contributed by atoms with Crippen molar-refractivity contribution in [2.75, 3.05) is 13.7 Å². The third-order valence-corrected chi connectivity index (χ3v) is 8.62. The van der Waals surface area contributed by atoms with E-state index in [-0.39, 0.29) is 12.2 Å². The van der Waals surface area contributed by atoms with Crippen molar-refractivity contribution in [1.82, 2.24) is 9.88 Å². The topological polar surface area (TPSA) is 71.6 Å². The molecule has 0 fully saturated rings. The molecule has 1 aliphatic heterocycles. The van der Waals surface area contributed by atoms with E-state index in [9.17, 15) is 22.8 Å². The van der Waals surface area contributed by atoms with Gasteiger partial charge >= 0.3 is 12.1 Å². The lowest BCUT2D eigenvalue weighted by Crippen LogP contribution is -2.51. The fourth-order valence-electron chi connectivity index (χ4n) is 5.30. The Kier molecular flexibility index (Phi) is 8.69. The number of nitrogens with zero attached hydrogens (tertiary/aromatic N) is 1. The second-order valence-electron chi connectivity index (χ2n) is 11.6. The molecule has 0 saturated heterocycles. The lowest BCUT2D eigenvalue weighted by molar-refractivity contribution is -0.153. The predicted octanol–water partition coefficient (Wildman–Crippen LogP) is 7.44. The molecule has 11 heteroatoms. The van der Waals surface area contributed by atoms with Crippen LogP contribution in [-0.4, -0.2) is 55.8 Å². The van der Waals surface area contributed by atoms with Gasteiger partial charge in [-0.05, 0) is 58.5 Å². The van der Waals surface area contributed by atoms with Gasteiger partial charge in [-0.2, -0.15) is 13.2 Å².